The molecule has 0 saturated carbocycles. The van der Waals surface area contributed by atoms with Crippen molar-refractivity contribution in [3.8, 4) is 24.3 Å². The Morgan fingerprint density at radius 2 is 0.976 bits per heavy atom. The Hall–Kier alpha value is -4.54. The monoisotopic (exact) mass is 572 g/mol. The van der Waals surface area contributed by atoms with E-state index in [0.717, 1.165) is 25.7 Å². The summed E-state index contributed by atoms with van der Waals surface area (Å²) < 4.78 is 9.98. The fourth-order valence-corrected chi connectivity index (χ4v) is 5.58. The molecule has 0 bridgehead atoms. The number of nitriles is 4. The predicted molar refractivity (Wildman–Crippen MR) is 155 cm³/mol. The summed E-state index contributed by atoms with van der Waals surface area (Å²) in [6.07, 6.45) is 5.56. The van der Waals surface area contributed by atoms with Crippen LogP contribution in [0.15, 0.2) is 44.8 Å². The lowest BCUT2D eigenvalue weighted by atomic mass is 9.72. The molecule has 0 unspecified atom stereocenters. The first-order valence-corrected chi connectivity index (χ1v) is 14.1. The van der Waals surface area contributed by atoms with Gasteiger partial charge in [-0.3, -0.25) is 0 Å². The van der Waals surface area contributed by atoms with Gasteiger partial charge in [-0.25, -0.2) is 9.59 Å². The Bertz CT molecular complexity index is 1250. The van der Waals surface area contributed by atoms with E-state index < -0.39 is 11.9 Å². The van der Waals surface area contributed by atoms with Crippen molar-refractivity contribution in [1.29, 1.82) is 21.0 Å². The maximum Gasteiger partial charge on any atom is 0.339 e. The number of nitrogens with one attached hydrogen (secondary N) is 2. The predicted octanol–water partition coefficient (Wildman–Crippen LogP) is 4.91. The first-order valence-electron chi connectivity index (χ1n) is 14.1. The number of hydrogen-bond acceptors (Lipinski definition) is 10. The van der Waals surface area contributed by atoms with Gasteiger partial charge >= 0.3 is 11.9 Å². The molecule has 2 aliphatic rings. The third kappa shape index (κ3) is 8.48. The van der Waals surface area contributed by atoms with Crippen molar-refractivity contribution >= 4 is 11.9 Å². The second kappa shape index (κ2) is 14.9. The van der Waals surface area contributed by atoms with E-state index in [4.69, 9.17) is 9.47 Å². The number of nitrogens with zero attached hydrogens (tertiary/aromatic N) is 4. The van der Waals surface area contributed by atoms with Gasteiger partial charge in [-0.1, -0.05) is 40.5 Å². The highest BCUT2D eigenvalue weighted by atomic mass is 16.5. The molecule has 0 aromatic rings. The number of unbranched alkanes of at least 4 members (excludes halogenated alkanes) is 3. The molecular formula is C32H40N6O4. The molecule has 0 heterocycles. The van der Waals surface area contributed by atoms with Crippen LogP contribution in [0.4, 0.5) is 0 Å². The highest BCUT2D eigenvalue weighted by Crippen LogP contribution is 2.43. The summed E-state index contributed by atoms with van der Waals surface area (Å²) in [7, 11) is 2.58. The standard InChI is InChI=1S/C32H40N6O4/c1-31(2)13-23(21(17-33)18-34)27(29(39)41-5)25(15-31)37-11-9-7-8-10-12-38-26-16-32(3,4)14-24(22(19-35)20-36)28(26)30(40)42-6/h37-38H,7-16H2,1-6H3. The third-order valence-corrected chi connectivity index (χ3v) is 7.44. The van der Waals surface area contributed by atoms with Crippen LogP contribution in [0, 0.1) is 56.2 Å². The lowest BCUT2D eigenvalue weighted by Crippen LogP contribution is -2.32. The molecule has 10 heteroatoms. The summed E-state index contributed by atoms with van der Waals surface area (Å²) in [5.74, 6) is -1.11. The van der Waals surface area contributed by atoms with Gasteiger partial charge in [0.1, 0.15) is 35.4 Å². The minimum Gasteiger partial charge on any atom is -0.465 e. The Labute approximate surface area is 249 Å². The highest BCUT2D eigenvalue weighted by Gasteiger charge is 2.37. The number of hydrogen-bond donors (Lipinski definition) is 2. The van der Waals surface area contributed by atoms with Crippen molar-refractivity contribution < 1.29 is 19.1 Å². The van der Waals surface area contributed by atoms with Gasteiger partial charge in [-0.2, -0.15) is 21.0 Å². The molecule has 0 radical (unpaired) electrons. The number of esters is 2. The van der Waals surface area contributed by atoms with Crippen molar-refractivity contribution in [3.63, 3.8) is 0 Å². The van der Waals surface area contributed by atoms with Crippen molar-refractivity contribution in [1.82, 2.24) is 10.6 Å². The van der Waals surface area contributed by atoms with Crippen LogP contribution in [0.2, 0.25) is 0 Å². The van der Waals surface area contributed by atoms with Gasteiger partial charge in [0.25, 0.3) is 0 Å². The Morgan fingerprint density at radius 3 is 1.26 bits per heavy atom. The summed E-state index contributed by atoms with van der Waals surface area (Å²) in [6, 6.07) is 7.69. The van der Waals surface area contributed by atoms with Crippen LogP contribution >= 0.6 is 0 Å². The molecular weight excluding hydrogens is 532 g/mol. The third-order valence-electron chi connectivity index (χ3n) is 7.44. The Kier molecular flexibility index (Phi) is 11.9. The van der Waals surface area contributed by atoms with Gasteiger partial charge in [-0.05, 0) is 60.5 Å². The maximum atomic E-state index is 12.6. The normalized spacial score (nSPS) is 17.2. The largest absolute Gasteiger partial charge is 0.465 e. The summed E-state index contributed by atoms with van der Waals surface area (Å²) in [5, 5.41) is 44.6. The quantitative estimate of drug-likeness (QED) is 0.197. The zero-order chi connectivity index (χ0) is 31.5. The van der Waals surface area contributed by atoms with Crippen LogP contribution in [0.1, 0.15) is 79.1 Å². The van der Waals surface area contributed by atoms with E-state index in [9.17, 15) is 30.6 Å². The Balaban J connectivity index is 2.05. The molecule has 0 saturated heterocycles. The molecule has 0 aromatic heterocycles. The molecule has 0 fully saturated rings. The topological polar surface area (TPSA) is 172 Å². The van der Waals surface area contributed by atoms with Crippen molar-refractivity contribution in [2.75, 3.05) is 27.3 Å². The molecule has 222 valence electrons. The molecule has 0 aliphatic heterocycles. The number of carbonyl (C=O) groups is 2. The fourth-order valence-electron chi connectivity index (χ4n) is 5.58. The van der Waals surface area contributed by atoms with E-state index in [1.54, 1.807) is 0 Å². The molecule has 2 N–H and O–H groups in total. The molecule has 0 aromatic carbocycles. The zero-order valence-electron chi connectivity index (χ0n) is 25.5. The van der Waals surface area contributed by atoms with Crippen LogP contribution < -0.4 is 10.6 Å². The first kappa shape index (κ1) is 33.7. The SMILES string of the molecule is COC(=O)C1=C(NCCCCCCNC2=C(C(=O)OC)C(=C(C#N)C#N)CC(C)(C)C2)CC(C)(C)CC1=C(C#N)C#N. The lowest BCUT2D eigenvalue weighted by Gasteiger charge is -2.34. The van der Waals surface area contributed by atoms with E-state index in [-0.39, 0.29) is 33.1 Å². The van der Waals surface area contributed by atoms with Crippen LogP contribution in [0.25, 0.3) is 0 Å². The molecule has 2 aliphatic carbocycles. The van der Waals surface area contributed by atoms with Gasteiger partial charge in [0.05, 0.1) is 25.4 Å². The summed E-state index contributed by atoms with van der Waals surface area (Å²) >= 11 is 0. The van der Waals surface area contributed by atoms with Crippen molar-refractivity contribution in [2.24, 2.45) is 10.8 Å². The van der Waals surface area contributed by atoms with E-state index in [1.165, 1.54) is 14.2 Å². The fraction of sp³-hybridized carbons (Fsp3) is 0.562. The second-order valence-electron chi connectivity index (χ2n) is 12.1. The van der Waals surface area contributed by atoms with Crippen LogP contribution in [0.3, 0.4) is 0 Å². The summed E-state index contributed by atoms with van der Waals surface area (Å²) in [4.78, 5) is 25.3. The minimum atomic E-state index is -0.557. The lowest BCUT2D eigenvalue weighted by molar-refractivity contribution is -0.137. The molecule has 0 atom stereocenters. The molecule has 0 amide bonds. The van der Waals surface area contributed by atoms with Gasteiger partial charge < -0.3 is 20.1 Å². The molecule has 2 rings (SSSR count). The molecule has 10 nitrogen and oxygen atoms in total. The second-order valence-corrected chi connectivity index (χ2v) is 12.1. The van der Waals surface area contributed by atoms with Crippen LogP contribution in [0.5, 0.6) is 0 Å². The number of rotatable bonds is 11. The van der Waals surface area contributed by atoms with Gasteiger partial charge in [0, 0.05) is 24.5 Å². The number of allylic oxidation sites excluding steroid dienone is 4. The van der Waals surface area contributed by atoms with Crippen LogP contribution in [-0.4, -0.2) is 39.2 Å². The van der Waals surface area contributed by atoms with Gasteiger partial charge in [-0.15, -0.1) is 0 Å². The zero-order valence-corrected chi connectivity index (χ0v) is 25.5. The first-order chi connectivity index (χ1) is 19.9. The number of ether oxygens (including phenoxy) is 2. The average Bonchev–Trinajstić information content (AvgIpc) is 2.93. The average molecular weight is 573 g/mol. The minimum absolute atomic E-state index is 0.0686. The van der Waals surface area contributed by atoms with Gasteiger partial charge in [0.2, 0.25) is 0 Å². The van der Waals surface area contributed by atoms with Crippen molar-refractivity contribution in [2.45, 2.75) is 79.1 Å². The van der Waals surface area contributed by atoms with E-state index in [0.29, 0.717) is 61.3 Å². The number of methoxy groups -OCH3 is 2. The molecule has 0 spiro atoms. The number of carbonyl (C=O) groups excluding carboxylic acids is 2. The summed E-state index contributed by atoms with van der Waals surface area (Å²) in [6.45, 7) is 9.39. The van der Waals surface area contributed by atoms with E-state index in [1.807, 2.05) is 52.0 Å². The van der Waals surface area contributed by atoms with E-state index >= 15 is 0 Å². The van der Waals surface area contributed by atoms with Gasteiger partial charge in [0.15, 0.2) is 0 Å². The van der Waals surface area contributed by atoms with Crippen LogP contribution in [-0.2, 0) is 19.1 Å². The van der Waals surface area contributed by atoms with E-state index in [2.05, 4.69) is 10.6 Å². The Morgan fingerprint density at radius 1 is 0.643 bits per heavy atom. The highest BCUT2D eigenvalue weighted by molar-refractivity contribution is 5.96. The smallest absolute Gasteiger partial charge is 0.339 e. The molecule has 42 heavy (non-hydrogen) atoms. The summed E-state index contributed by atoms with van der Waals surface area (Å²) in [5.41, 5.74) is 2.21. The van der Waals surface area contributed by atoms with Crippen molar-refractivity contribution in [3.05, 3.63) is 44.8 Å². The maximum absolute atomic E-state index is 12.6.